The average molecular weight is 414 g/mol. The molecule has 0 saturated carbocycles. The number of carbonyl (C=O) groups excluding carboxylic acids is 1. The zero-order valence-electron chi connectivity index (χ0n) is 10.5. The molecule has 0 spiro atoms. The number of nitrogens with zero attached hydrogens (tertiary/aromatic N) is 1. The van der Waals surface area contributed by atoms with Crippen LogP contribution in [0, 0.1) is 0 Å². The van der Waals surface area contributed by atoms with Gasteiger partial charge in [0.25, 0.3) is 5.91 Å². The first-order chi connectivity index (χ1) is 9.97. The van der Waals surface area contributed by atoms with Crippen LogP contribution >= 0.6 is 31.9 Å². The highest BCUT2D eigenvalue weighted by Gasteiger charge is 2.06. The van der Waals surface area contributed by atoms with Gasteiger partial charge in [0.1, 0.15) is 11.5 Å². The number of amides is 1. The lowest BCUT2D eigenvalue weighted by Crippen LogP contribution is -2.17. The Morgan fingerprint density at radius 2 is 1.81 bits per heavy atom. The summed E-state index contributed by atoms with van der Waals surface area (Å²) in [5, 5.41) is 22.8. The molecule has 0 atom stereocenters. The summed E-state index contributed by atoms with van der Waals surface area (Å²) in [4.78, 5) is 11.8. The van der Waals surface area contributed by atoms with Crippen LogP contribution in [0.2, 0.25) is 0 Å². The summed E-state index contributed by atoms with van der Waals surface area (Å²) in [5.74, 6) is -0.306. The highest BCUT2D eigenvalue weighted by molar-refractivity contribution is 9.11. The summed E-state index contributed by atoms with van der Waals surface area (Å²) in [6, 6.07) is 9.14. The van der Waals surface area contributed by atoms with Crippen molar-refractivity contribution in [3.8, 4) is 11.5 Å². The number of rotatable bonds is 3. The van der Waals surface area contributed by atoms with Crippen molar-refractivity contribution in [1.82, 2.24) is 5.43 Å². The smallest absolute Gasteiger partial charge is 0.271 e. The number of carbonyl (C=O) groups is 1. The van der Waals surface area contributed by atoms with E-state index < -0.39 is 5.91 Å². The first-order valence-corrected chi connectivity index (χ1v) is 7.36. The van der Waals surface area contributed by atoms with Crippen molar-refractivity contribution in [3.63, 3.8) is 0 Å². The molecule has 0 bridgehead atoms. The fourth-order valence-corrected chi connectivity index (χ4v) is 2.78. The topological polar surface area (TPSA) is 81.9 Å². The molecule has 0 saturated heterocycles. The minimum absolute atomic E-state index is 0.0285. The molecule has 2 rings (SSSR count). The Labute approximate surface area is 137 Å². The van der Waals surface area contributed by atoms with Gasteiger partial charge in [-0.2, -0.15) is 5.10 Å². The van der Waals surface area contributed by atoms with E-state index in [1.165, 1.54) is 30.5 Å². The van der Waals surface area contributed by atoms with Gasteiger partial charge in [0.05, 0.1) is 10.7 Å². The minimum Gasteiger partial charge on any atom is -0.508 e. The largest absolute Gasteiger partial charge is 0.508 e. The molecule has 2 aromatic rings. The molecule has 108 valence electrons. The van der Waals surface area contributed by atoms with E-state index in [0.717, 1.165) is 4.47 Å². The van der Waals surface area contributed by atoms with Gasteiger partial charge < -0.3 is 10.2 Å². The van der Waals surface area contributed by atoms with Gasteiger partial charge in [0.2, 0.25) is 0 Å². The van der Waals surface area contributed by atoms with Crippen LogP contribution in [0.15, 0.2) is 50.4 Å². The van der Waals surface area contributed by atoms with E-state index in [9.17, 15) is 9.90 Å². The van der Waals surface area contributed by atoms with Crippen LogP contribution in [-0.4, -0.2) is 22.3 Å². The Balaban J connectivity index is 2.09. The molecule has 3 N–H and O–H groups in total. The SMILES string of the molecule is O=C(NN=Cc1cc(Br)cc(Br)c1O)c1ccc(O)cc1. The highest BCUT2D eigenvalue weighted by Crippen LogP contribution is 2.30. The van der Waals surface area contributed by atoms with Crippen LogP contribution in [-0.2, 0) is 0 Å². The maximum absolute atomic E-state index is 11.8. The van der Waals surface area contributed by atoms with E-state index in [0.29, 0.717) is 15.6 Å². The van der Waals surface area contributed by atoms with Crippen molar-refractivity contribution >= 4 is 44.0 Å². The third kappa shape index (κ3) is 4.05. The minimum atomic E-state index is -0.417. The van der Waals surface area contributed by atoms with Gasteiger partial charge in [-0.15, -0.1) is 0 Å². The molecule has 5 nitrogen and oxygen atoms in total. The lowest BCUT2D eigenvalue weighted by Gasteiger charge is -2.03. The zero-order valence-corrected chi connectivity index (χ0v) is 13.7. The zero-order chi connectivity index (χ0) is 15.4. The maximum Gasteiger partial charge on any atom is 0.271 e. The fourth-order valence-electron chi connectivity index (χ4n) is 1.52. The van der Waals surface area contributed by atoms with Crippen molar-refractivity contribution in [2.24, 2.45) is 5.10 Å². The maximum atomic E-state index is 11.8. The van der Waals surface area contributed by atoms with E-state index in [1.807, 2.05) is 0 Å². The van der Waals surface area contributed by atoms with Gasteiger partial charge in [0, 0.05) is 15.6 Å². The van der Waals surface area contributed by atoms with Crippen LogP contribution < -0.4 is 5.43 Å². The van der Waals surface area contributed by atoms with Crippen molar-refractivity contribution in [2.75, 3.05) is 0 Å². The molecule has 1 amide bonds. The molecule has 0 fully saturated rings. The second-order valence-corrected chi connectivity index (χ2v) is 5.84. The number of halogens is 2. The predicted molar refractivity (Wildman–Crippen MR) is 86.7 cm³/mol. The van der Waals surface area contributed by atoms with Crippen molar-refractivity contribution < 1.29 is 15.0 Å². The quantitative estimate of drug-likeness (QED) is 0.532. The predicted octanol–water partition coefficient (Wildman–Crippen LogP) is 3.39. The highest BCUT2D eigenvalue weighted by atomic mass is 79.9. The van der Waals surface area contributed by atoms with Crippen LogP contribution in [0.1, 0.15) is 15.9 Å². The van der Waals surface area contributed by atoms with Gasteiger partial charge in [-0.05, 0) is 52.3 Å². The molecule has 2 aromatic carbocycles. The van der Waals surface area contributed by atoms with E-state index >= 15 is 0 Å². The summed E-state index contributed by atoms with van der Waals surface area (Å²) in [7, 11) is 0. The first kappa shape index (κ1) is 15.5. The second-order valence-electron chi connectivity index (χ2n) is 4.07. The van der Waals surface area contributed by atoms with Crippen LogP contribution in [0.4, 0.5) is 0 Å². The number of phenols is 2. The summed E-state index contributed by atoms with van der Waals surface area (Å²) in [6.45, 7) is 0. The normalized spacial score (nSPS) is 10.8. The lowest BCUT2D eigenvalue weighted by atomic mass is 10.2. The van der Waals surface area contributed by atoms with Crippen LogP contribution in [0.5, 0.6) is 11.5 Å². The van der Waals surface area contributed by atoms with Crippen molar-refractivity contribution in [2.45, 2.75) is 0 Å². The fraction of sp³-hybridized carbons (Fsp3) is 0. The van der Waals surface area contributed by atoms with E-state index in [1.54, 1.807) is 12.1 Å². The third-order valence-corrected chi connectivity index (χ3v) is 3.62. The Bertz CT molecular complexity index is 700. The molecule has 0 aromatic heterocycles. The average Bonchev–Trinajstić information content (AvgIpc) is 2.44. The second kappa shape index (κ2) is 6.73. The number of hydrogen-bond acceptors (Lipinski definition) is 4. The molecule has 0 aliphatic rings. The number of nitrogens with one attached hydrogen (secondary N) is 1. The number of aromatic hydroxyl groups is 2. The van der Waals surface area contributed by atoms with Gasteiger partial charge in [0.15, 0.2) is 0 Å². The van der Waals surface area contributed by atoms with Crippen LogP contribution in [0.3, 0.4) is 0 Å². The van der Waals surface area contributed by atoms with E-state index in [-0.39, 0.29) is 11.5 Å². The Morgan fingerprint density at radius 3 is 2.48 bits per heavy atom. The van der Waals surface area contributed by atoms with Gasteiger partial charge in [-0.1, -0.05) is 15.9 Å². The van der Waals surface area contributed by atoms with E-state index in [4.69, 9.17) is 5.11 Å². The number of phenolic OH excluding ortho intramolecular Hbond substituents is 2. The van der Waals surface area contributed by atoms with Gasteiger partial charge in [-0.3, -0.25) is 4.79 Å². The number of hydrogen-bond donors (Lipinski definition) is 3. The van der Waals surface area contributed by atoms with Gasteiger partial charge in [-0.25, -0.2) is 5.43 Å². The third-order valence-electron chi connectivity index (χ3n) is 2.56. The standard InChI is InChI=1S/C14H10Br2N2O3/c15-10-5-9(13(20)12(16)6-10)7-17-18-14(21)8-1-3-11(19)4-2-8/h1-7,19-20H,(H,18,21). The van der Waals surface area contributed by atoms with Crippen LogP contribution in [0.25, 0.3) is 0 Å². The molecule has 0 unspecified atom stereocenters. The summed E-state index contributed by atoms with van der Waals surface area (Å²) >= 11 is 6.51. The summed E-state index contributed by atoms with van der Waals surface area (Å²) in [6.07, 6.45) is 1.34. The Hall–Kier alpha value is -1.86. The Kier molecular flexibility index (Phi) is 4.98. The molecule has 0 heterocycles. The Morgan fingerprint density at radius 1 is 1.14 bits per heavy atom. The van der Waals surface area contributed by atoms with Crippen molar-refractivity contribution in [3.05, 3.63) is 56.5 Å². The number of hydrazone groups is 1. The molecule has 0 aliphatic heterocycles. The van der Waals surface area contributed by atoms with Crippen molar-refractivity contribution in [1.29, 1.82) is 0 Å². The van der Waals surface area contributed by atoms with E-state index in [2.05, 4.69) is 42.4 Å². The lowest BCUT2D eigenvalue weighted by molar-refractivity contribution is 0.0955. The summed E-state index contributed by atoms with van der Waals surface area (Å²) < 4.78 is 1.28. The molecule has 21 heavy (non-hydrogen) atoms. The molecule has 0 aliphatic carbocycles. The molecule has 0 radical (unpaired) electrons. The number of benzene rings is 2. The van der Waals surface area contributed by atoms with Gasteiger partial charge >= 0.3 is 0 Å². The monoisotopic (exact) mass is 412 g/mol. The summed E-state index contributed by atoms with van der Waals surface area (Å²) in [5.41, 5.74) is 3.15. The molecular weight excluding hydrogens is 404 g/mol. The first-order valence-electron chi connectivity index (χ1n) is 5.78. The molecule has 7 heteroatoms. The molecular formula is C14H10Br2N2O3.